The van der Waals surface area contributed by atoms with Gasteiger partial charge in [-0.2, -0.15) is 15.2 Å². The first kappa shape index (κ1) is 18.2. The standard InChI is InChI=1S/C20H21N7/c1-14-8-4-6-10-17(14)12-21-25-19-16(3)24-27-20(23-19)26-22-13-18-11-7-5-9-15(18)2/h4-13H,1-3H3,(H2,23,25,26,27). The smallest absolute Gasteiger partial charge is 0.260 e. The molecule has 3 rings (SSSR count). The van der Waals surface area contributed by atoms with E-state index in [1.54, 1.807) is 12.4 Å². The Bertz CT molecular complexity index is 980. The predicted molar refractivity (Wildman–Crippen MR) is 109 cm³/mol. The van der Waals surface area contributed by atoms with Crippen LogP contribution in [-0.4, -0.2) is 27.6 Å². The van der Waals surface area contributed by atoms with Crippen molar-refractivity contribution in [3.63, 3.8) is 0 Å². The highest BCUT2D eigenvalue weighted by atomic mass is 15.4. The Morgan fingerprint density at radius 3 is 1.89 bits per heavy atom. The molecule has 136 valence electrons. The summed E-state index contributed by atoms with van der Waals surface area (Å²) in [7, 11) is 0. The highest BCUT2D eigenvalue weighted by molar-refractivity contribution is 5.82. The molecule has 0 radical (unpaired) electrons. The molecule has 0 spiro atoms. The molecule has 2 aromatic carbocycles. The van der Waals surface area contributed by atoms with Crippen LogP contribution in [-0.2, 0) is 0 Å². The monoisotopic (exact) mass is 359 g/mol. The Morgan fingerprint density at radius 1 is 0.741 bits per heavy atom. The van der Waals surface area contributed by atoms with E-state index in [1.807, 2.05) is 69.3 Å². The Labute approximate surface area is 158 Å². The Balaban J connectivity index is 1.67. The van der Waals surface area contributed by atoms with Crippen molar-refractivity contribution in [3.05, 3.63) is 76.5 Å². The quantitative estimate of drug-likeness (QED) is 0.518. The normalized spacial score (nSPS) is 11.2. The van der Waals surface area contributed by atoms with Gasteiger partial charge in [0.05, 0.1) is 12.4 Å². The van der Waals surface area contributed by atoms with E-state index in [0.717, 1.165) is 22.3 Å². The van der Waals surface area contributed by atoms with Gasteiger partial charge in [-0.25, -0.2) is 5.43 Å². The summed E-state index contributed by atoms with van der Waals surface area (Å²) in [6, 6.07) is 16.0. The third kappa shape index (κ3) is 4.94. The fourth-order valence-electron chi connectivity index (χ4n) is 2.32. The number of hydrogen-bond donors (Lipinski definition) is 2. The third-order valence-electron chi connectivity index (χ3n) is 3.97. The predicted octanol–water partition coefficient (Wildman–Crippen LogP) is 3.69. The molecule has 7 nitrogen and oxygen atoms in total. The lowest BCUT2D eigenvalue weighted by Gasteiger charge is -2.05. The maximum absolute atomic E-state index is 4.36. The average molecular weight is 359 g/mol. The molecule has 3 aromatic rings. The summed E-state index contributed by atoms with van der Waals surface area (Å²) in [6.45, 7) is 5.87. The van der Waals surface area contributed by atoms with Crippen LogP contribution < -0.4 is 10.9 Å². The summed E-state index contributed by atoms with van der Waals surface area (Å²) < 4.78 is 0. The second-order valence-corrected chi connectivity index (χ2v) is 6.02. The number of benzene rings is 2. The van der Waals surface area contributed by atoms with Gasteiger partial charge in [0.1, 0.15) is 5.69 Å². The van der Waals surface area contributed by atoms with Crippen molar-refractivity contribution in [1.29, 1.82) is 0 Å². The molecular formula is C20H21N7. The van der Waals surface area contributed by atoms with Crippen LogP contribution in [0.4, 0.5) is 11.8 Å². The summed E-state index contributed by atoms with van der Waals surface area (Å²) in [5.41, 5.74) is 10.7. The molecular weight excluding hydrogens is 338 g/mol. The first-order valence-electron chi connectivity index (χ1n) is 8.54. The zero-order valence-corrected chi connectivity index (χ0v) is 15.5. The number of aryl methyl sites for hydroxylation is 3. The SMILES string of the molecule is Cc1ccccc1C=NNc1nnc(C)c(NN=Cc2ccccc2C)n1. The maximum atomic E-state index is 4.36. The molecule has 0 unspecified atom stereocenters. The molecule has 0 aliphatic rings. The van der Waals surface area contributed by atoms with Crippen molar-refractivity contribution in [3.8, 4) is 0 Å². The van der Waals surface area contributed by atoms with Gasteiger partial charge in [-0.15, -0.1) is 10.2 Å². The summed E-state index contributed by atoms with van der Waals surface area (Å²) in [4.78, 5) is 4.36. The van der Waals surface area contributed by atoms with Crippen LogP contribution in [0, 0.1) is 20.8 Å². The number of rotatable bonds is 6. The van der Waals surface area contributed by atoms with E-state index in [0.29, 0.717) is 17.5 Å². The van der Waals surface area contributed by atoms with E-state index >= 15 is 0 Å². The second kappa shape index (κ2) is 8.66. The Morgan fingerprint density at radius 2 is 1.30 bits per heavy atom. The summed E-state index contributed by atoms with van der Waals surface area (Å²) in [5, 5.41) is 16.5. The van der Waals surface area contributed by atoms with E-state index < -0.39 is 0 Å². The van der Waals surface area contributed by atoms with E-state index in [-0.39, 0.29) is 0 Å². The van der Waals surface area contributed by atoms with Crippen molar-refractivity contribution < 1.29 is 0 Å². The average Bonchev–Trinajstić information content (AvgIpc) is 2.67. The number of aromatic nitrogens is 3. The van der Waals surface area contributed by atoms with Gasteiger partial charge in [0.2, 0.25) is 0 Å². The molecule has 1 aromatic heterocycles. The van der Waals surface area contributed by atoms with Gasteiger partial charge in [0, 0.05) is 0 Å². The topological polar surface area (TPSA) is 87.5 Å². The summed E-state index contributed by atoms with van der Waals surface area (Å²) in [6.07, 6.45) is 3.47. The van der Waals surface area contributed by atoms with E-state index in [4.69, 9.17) is 0 Å². The number of nitrogens with zero attached hydrogens (tertiary/aromatic N) is 5. The minimum Gasteiger partial charge on any atom is -0.260 e. The number of anilines is 2. The van der Waals surface area contributed by atoms with Crippen LogP contribution >= 0.6 is 0 Å². The van der Waals surface area contributed by atoms with Gasteiger partial charge in [0.25, 0.3) is 5.95 Å². The van der Waals surface area contributed by atoms with Crippen molar-refractivity contribution in [2.75, 3.05) is 10.9 Å². The lowest BCUT2D eigenvalue weighted by molar-refractivity contribution is 0.922. The highest BCUT2D eigenvalue weighted by Gasteiger charge is 2.04. The fourth-order valence-corrected chi connectivity index (χ4v) is 2.32. The van der Waals surface area contributed by atoms with Gasteiger partial charge >= 0.3 is 0 Å². The summed E-state index contributed by atoms with van der Waals surface area (Å²) >= 11 is 0. The molecule has 7 heteroatoms. The zero-order valence-electron chi connectivity index (χ0n) is 15.5. The van der Waals surface area contributed by atoms with Crippen LogP contribution in [0.15, 0.2) is 58.7 Å². The number of hydrazone groups is 2. The van der Waals surface area contributed by atoms with Gasteiger partial charge in [-0.1, -0.05) is 48.5 Å². The molecule has 0 atom stereocenters. The van der Waals surface area contributed by atoms with Gasteiger partial charge in [-0.3, -0.25) is 5.43 Å². The van der Waals surface area contributed by atoms with Gasteiger partial charge in [-0.05, 0) is 43.0 Å². The highest BCUT2D eigenvalue weighted by Crippen LogP contribution is 2.11. The van der Waals surface area contributed by atoms with Gasteiger partial charge < -0.3 is 0 Å². The molecule has 0 saturated carbocycles. The van der Waals surface area contributed by atoms with Crippen LogP contribution in [0.3, 0.4) is 0 Å². The van der Waals surface area contributed by atoms with Crippen molar-refractivity contribution in [1.82, 2.24) is 15.2 Å². The molecule has 0 bridgehead atoms. The van der Waals surface area contributed by atoms with Crippen LogP contribution in [0.5, 0.6) is 0 Å². The second-order valence-electron chi connectivity index (χ2n) is 6.02. The number of hydrogen-bond acceptors (Lipinski definition) is 7. The number of nitrogens with one attached hydrogen (secondary N) is 2. The van der Waals surface area contributed by atoms with Gasteiger partial charge in [0.15, 0.2) is 5.82 Å². The first-order valence-corrected chi connectivity index (χ1v) is 8.54. The maximum Gasteiger partial charge on any atom is 0.265 e. The minimum absolute atomic E-state index is 0.291. The molecule has 0 aliphatic carbocycles. The van der Waals surface area contributed by atoms with Crippen molar-refractivity contribution >= 4 is 24.2 Å². The first-order chi connectivity index (χ1) is 13.1. The van der Waals surface area contributed by atoms with E-state index in [1.165, 1.54) is 0 Å². The Kier molecular flexibility index (Phi) is 5.84. The van der Waals surface area contributed by atoms with Crippen LogP contribution in [0.2, 0.25) is 0 Å². The molecule has 1 heterocycles. The molecule has 0 amide bonds. The lowest BCUT2D eigenvalue weighted by atomic mass is 10.1. The van der Waals surface area contributed by atoms with Crippen LogP contribution in [0.1, 0.15) is 27.9 Å². The molecule has 0 saturated heterocycles. The summed E-state index contributed by atoms with van der Waals surface area (Å²) in [5.74, 6) is 0.808. The minimum atomic E-state index is 0.291. The third-order valence-corrected chi connectivity index (χ3v) is 3.97. The van der Waals surface area contributed by atoms with Crippen LogP contribution in [0.25, 0.3) is 0 Å². The Hall–Kier alpha value is -3.61. The van der Waals surface area contributed by atoms with Crippen molar-refractivity contribution in [2.45, 2.75) is 20.8 Å². The fraction of sp³-hybridized carbons (Fsp3) is 0.150. The van der Waals surface area contributed by atoms with Crippen molar-refractivity contribution in [2.24, 2.45) is 10.2 Å². The molecule has 2 N–H and O–H groups in total. The lowest BCUT2D eigenvalue weighted by Crippen LogP contribution is -2.05. The largest absolute Gasteiger partial charge is 0.265 e. The zero-order chi connectivity index (χ0) is 19.1. The molecule has 27 heavy (non-hydrogen) atoms. The van der Waals surface area contributed by atoms with E-state index in [2.05, 4.69) is 36.2 Å². The molecule has 0 fully saturated rings. The van der Waals surface area contributed by atoms with E-state index in [9.17, 15) is 0 Å². The molecule has 0 aliphatic heterocycles.